The van der Waals surface area contributed by atoms with Crippen LogP contribution in [0, 0.1) is 0 Å². The molecule has 0 aromatic carbocycles. The van der Waals surface area contributed by atoms with Gasteiger partial charge in [0.15, 0.2) is 0 Å². The van der Waals surface area contributed by atoms with Crippen LogP contribution in [0.15, 0.2) is 4.79 Å². The normalized spacial score (nSPS) is 18.6. The van der Waals surface area contributed by atoms with E-state index in [1.807, 2.05) is 0 Å². The van der Waals surface area contributed by atoms with E-state index >= 15 is 0 Å². The van der Waals surface area contributed by atoms with Crippen LogP contribution in [0.3, 0.4) is 0 Å². The standard InChI is InChI=1S/C8H13ClN4O/c9-7-6(11-8(14)12-7)5-13-3-1-10-2-4-13/h10H,1-5H2,(H2,11,12,14). The lowest BCUT2D eigenvalue weighted by Gasteiger charge is -2.26. The van der Waals surface area contributed by atoms with E-state index in [2.05, 4.69) is 20.2 Å². The Morgan fingerprint density at radius 3 is 2.57 bits per heavy atom. The maximum atomic E-state index is 10.9. The van der Waals surface area contributed by atoms with Crippen LogP contribution in [0.5, 0.6) is 0 Å². The minimum absolute atomic E-state index is 0.236. The first kappa shape index (κ1) is 9.76. The molecule has 1 saturated heterocycles. The summed E-state index contributed by atoms with van der Waals surface area (Å²) < 4.78 is 0. The van der Waals surface area contributed by atoms with Crippen molar-refractivity contribution in [2.45, 2.75) is 6.54 Å². The molecule has 0 amide bonds. The SMILES string of the molecule is O=c1[nH]c(Cl)c(CN2CCNCC2)[nH]1. The number of halogens is 1. The number of H-pyrrole nitrogens is 2. The largest absolute Gasteiger partial charge is 0.324 e. The highest BCUT2D eigenvalue weighted by molar-refractivity contribution is 6.30. The molecule has 0 atom stereocenters. The van der Waals surface area contributed by atoms with Gasteiger partial charge in [0.1, 0.15) is 5.15 Å². The Bertz CT molecular complexity index is 352. The van der Waals surface area contributed by atoms with Crippen LogP contribution in [0.1, 0.15) is 5.69 Å². The monoisotopic (exact) mass is 216 g/mol. The molecule has 14 heavy (non-hydrogen) atoms. The number of aromatic nitrogens is 2. The van der Waals surface area contributed by atoms with Gasteiger partial charge in [-0.05, 0) is 0 Å². The van der Waals surface area contributed by atoms with Crippen molar-refractivity contribution in [3.8, 4) is 0 Å². The van der Waals surface area contributed by atoms with Gasteiger partial charge in [0.25, 0.3) is 0 Å². The fourth-order valence-electron chi connectivity index (χ4n) is 1.60. The molecule has 6 heteroatoms. The lowest BCUT2D eigenvalue weighted by Crippen LogP contribution is -2.43. The molecule has 1 aromatic rings. The number of aromatic amines is 2. The average molecular weight is 217 g/mol. The number of nitrogens with one attached hydrogen (secondary N) is 3. The third-order valence-corrected chi connectivity index (χ3v) is 2.67. The van der Waals surface area contributed by atoms with Gasteiger partial charge in [0.2, 0.25) is 0 Å². The van der Waals surface area contributed by atoms with Crippen molar-refractivity contribution in [1.82, 2.24) is 20.2 Å². The molecule has 0 unspecified atom stereocenters. The molecule has 2 rings (SSSR count). The number of piperazine rings is 1. The van der Waals surface area contributed by atoms with E-state index in [0.29, 0.717) is 11.7 Å². The first-order valence-corrected chi connectivity index (χ1v) is 5.03. The van der Waals surface area contributed by atoms with E-state index in [0.717, 1.165) is 31.9 Å². The summed E-state index contributed by atoms with van der Waals surface area (Å²) in [6.07, 6.45) is 0. The number of nitrogens with zero attached hydrogens (tertiary/aromatic N) is 1. The Morgan fingerprint density at radius 1 is 1.29 bits per heavy atom. The molecular formula is C8H13ClN4O. The minimum atomic E-state index is -0.236. The van der Waals surface area contributed by atoms with Crippen LogP contribution >= 0.6 is 11.6 Å². The average Bonchev–Trinajstić information content (AvgIpc) is 2.47. The van der Waals surface area contributed by atoms with Crippen molar-refractivity contribution < 1.29 is 0 Å². The Labute approximate surface area is 86.5 Å². The highest BCUT2D eigenvalue weighted by atomic mass is 35.5. The van der Waals surface area contributed by atoms with Gasteiger partial charge in [0, 0.05) is 32.7 Å². The lowest BCUT2D eigenvalue weighted by atomic mass is 10.3. The summed E-state index contributed by atoms with van der Waals surface area (Å²) in [6.45, 7) is 4.67. The van der Waals surface area contributed by atoms with E-state index in [1.165, 1.54) is 0 Å². The molecule has 3 N–H and O–H groups in total. The third kappa shape index (κ3) is 2.17. The van der Waals surface area contributed by atoms with E-state index in [1.54, 1.807) is 0 Å². The van der Waals surface area contributed by atoms with E-state index in [-0.39, 0.29) is 5.69 Å². The number of rotatable bonds is 2. The predicted molar refractivity (Wildman–Crippen MR) is 54.6 cm³/mol. The second kappa shape index (κ2) is 4.16. The molecule has 0 saturated carbocycles. The highest BCUT2D eigenvalue weighted by Crippen LogP contribution is 2.10. The fourth-order valence-corrected chi connectivity index (χ4v) is 1.79. The van der Waals surface area contributed by atoms with Gasteiger partial charge in [-0.25, -0.2) is 4.79 Å². The molecular weight excluding hydrogens is 204 g/mol. The molecule has 0 radical (unpaired) electrons. The Hall–Kier alpha value is -0.780. The van der Waals surface area contributed by atoms with E-state index in [4.69, 9.17) is 11.6 Å². The van der Waals surface area contributed by atoms with Gasteiger partial charge in [-0.1, -0.05) is 11.6 Å². The molecule has 1 aromatic heterocycles. The molecule has 1 aliphatic heterocycles. The lowest BCUT2D eigenvalue weighted by molar-refractivity contribution is 0.231. The molecule has 0 spiro atoms. The van der Waals surface area contributed by atoms with Gasteiger partial charge in [-0.3, -0.25) is 9.88 Å². The summed E-state index contributed by atoms with van der Waals surface area (Å²) in [4.78, 5) is 18.4. The van der Waals surface area contributed by atoms with Crippen LogP contribution in [-0.2, 0) is 6.54 Å². The minimum Gasteiger partial charge on any atom is -0.314 e. The summed E-state index contributed by atoms with van der Waals surface area (Å²) in [7, 11) is 0. The number of hydrogen-bond donors (Lipinski definition) is 3. The van der Waals surface area contributed by atoms with Crippen molar-refractivity contribution in [2.24, 2.45) is 0 Å². The summed E-state index contributed by atoms with van der Waals surface area (Å²) in [5.41, 5.74) is 0.540. The number of hydrogen-bond acceptors (Lipinski definition) is 3. The van der Waals surface area contributed by atoms with Crippen LogP contribution < -0.4 is 11.0 Å². The molecule has 0 bridgehead atoms. The number of imidazole rings is 1. The summed E-state index contributed by atoms with van der Waals surface area (Å²) >= 11 is 5.84. The van der Waals surface area contributed by atoms with Crippen LogP contribution in [-0.4, -0.2) is 41.0 Å². The van der Waals surface area contributed by atoms with Gasteiger partial charge in [-0.15, -0.1) is 0 Å². The van der Waals surface area contributed by atoms with Crippen molar-refractivity contribution >= 4 is 11.6 Å². The van der Waals surface area contributed by atoms with Gasteiger partial charge < -0.3 is 10.3 Å². The van der Waals surface area contributed by atoms with Gasteiger partial charge in [0.05, 0.1) is 5.69 Å². The first-order valence-electron chi connectivity index (χ1n) is 4.65. The Morgan fingerprint density at radius 2 is 2.00 bits per heavy atom. The van der Waals surface area contributed by atoms with Gasteiger partial charge in [-0.2, -0.15) is 0 Å². The van der Waals surface area contributed by atoms with Crippen molar-refractivity contribution in [3.05, 3.63) is 21.3 Å². The van der Waals surface area contributed by atoms with Crippen LogP contribution in [0.25, 0.3) is 0 Å². The smallest absolute Gasteiger partial charge is 0.314 e. The highest BCUT2D eigenvalue weighted by Gasteiger charge is 2.13. The quantitative estimate of drug-likeness (QED) is 0.640. The molecule has 1 aliphatic rings. The maximum absolute atomic E-state index is 10.9. The molecule has 2 heterocycles. The summed E-state index contributed by atoms with van der Waals surface area (Å²) in [5, 5.41) is 3.69. The van der Waals surface area contributed by atoms with Crippen molar-refractivity contribution in [3.63, 3.8) is 0 Å². The zero-order valence-corrected chi connectivity index (χ0v) is 8.52. The first-order chi connectivity index (χ1) is 6.75. The van der Waals surface area contributed by atoms with Crippen LogP contribution in [0.4, 0.5) is 0 Å². The van der Waals surface area contributed by atoms with E-state index < -0.39 is 0 Å². The second-order valence-corrected chi connectivity index (χ2v) is 3.78. The third-order valence-electron chi connectivity index (χ3n) is 2.34. The van der Waals surface area contributed by atoms with Gasteiger partial charge >= 0.3 is 5.69 Å². The second-order valence-electron chi connectivity index (χ2n) is 3.40. The zero-order chi connectivity index (χ0) is 9.97. The maximum Gasteiger partial charge on any atom is 0.324 e. The zero-order valence-electron chi connectivity index (χ0n) is 7.77. The van der Waals surface area contributed by atoms with Crippen molar-refractivity contribution in [2.75, 3.05) is 26.2 Å². The topological polar surface area (TPSA) is 63.9 Å². The van der Waals surface area contributed by atoms with Crippen LogP contribution in [0.2, 0.25) is 5.15 Å². The summed E-state index contributed by atoms with van der Waals surface area (Å²) in [5.74, 6) is 0. The molecule has 5 nitrogen and oxygen atoms in total. The van der Waals surface area contributed by atoms with E-state index in [9.17, 15) is 4.79 Å². The fraction of sp³-hybridized carbons (Fsp3) is 0.625. The Balaban J connectivity index is 2.02. The Kier molecular flexibility index (Phi) is 2.90. The van der Waals surface area contributed by atoms with Crippen molar-refractivity contribution in [1.29, 1.82) is 0 Å². The summed E-state index contributed by atoms with van der Waals surface area (Å²) in [6, 6.07) is 0. The molecule has 78 valence electrons. The predicted octanol–water partition coefficient (Wildman–Crippen LogP) is -0.238. The molecule has 0 aliphatic carbocycles. The molecule has 1 fully saturated rings.